The second kappa shape index (κ2) is 5.07. The Labute approximate surface area is 114 Å². The van der Waals surface area contributed by atoms with E-state index in [2.05, 4.69) is 5.32 Å². The molecule has 5 nitrogen and oxygen atoms in total. The molecule has 5 N–H and O–H groups in total. The van der Waals surface area contributed by atoms with E-state index in [4.69, 9.17) is 17.3 Å². The number of phenolic OH excluding ortho intramolecular Hbond substituents is 2. The van der Waals surface area contributed by atoms with Gasteiger partial charge in [0.05, 0.1) is 16.9 Å². The minimum atomic E-state index is -0.581. The monoisotopic (exact) mass is 278 g/mol. The van der Waals surface area contributed by atoms with Gasteiger partial charge in [-0.05, 0) is 30.3 Å². The van der Waals surface area contributed by atoms with Crippen LogP contribution in [-0.4, -0.2) is 16.1 Å². The Kier molecular flexibility index (Phi) is 3.48. The molecule has 0 aromatic heterocycles. The normalized spacial score (nSPS) is 10.2. The van der Waals surface area contributed by atoms with Crippen molar-refractivity contribution in [1.29, 1.82) is 0 Å². The zero-order valence-electron chi connectivity index (χ0n) is 9.72. The maximum atomic E-state index is 12.0. The van der Waals surface area contributed by atoms with Crippen molar-refractivity contribution < 1.29 is 15.0 Å². The fourth-order valence-electron chi connectivity index (χ4n) is 1.55. The lowest BCUT2D eigenvalue weighted by Gasteiger charge is -2.10. The van der Waals surface area contributed by atoms with Crippen LogP contribution >= 0.6 is 11.6 Å². The van der Waals surface area contributed by atoms with E-state index in [9.17, 15) is 15.0 Å². The number of nitrogens with two attached hydrogens (primary N) is 1. The summed E-state index contributed by atoms with van der Waals surface area (Å²) in [7, 11) is 0. The minimum absolute atomic E-state index is 0.0469. The Balaban J connectivity index is 2.28. The molecule has 0 aliphatic carbocycles. The molecule has 2 rings (SSSR count). The first-order valence-corrected chi connectivity index (χ1v) is 5.74. The van der Waals surface area contributed by atoms with Crippen LogP contribution in [0.4, 0.5) is 11.4 Å². The highest BCUT2D eigenvalue weighted by atomic mass is 35.5. The lowest BCUT2D eigenvalue weighted by atomic mass is 10.1. The van der Waals surface area contributed by atoms with Crippen LogP contribution in [0, 0.1) is 0 Å². The number of aromatic hydroxyl groups is 2. The zero-order valence-corrected chi connectivity index (χ0v) is 10.5. The molecule has 19 heavy (non-hydrogen) atoms. The van der Waals surface area contributed by atoms with Crippen molar-refractivity contribution in [3.05, 3.63) is 47.0 Å². The molecule has 0 heterocycles. The number of anilines is 2. The number of benzene rings is 2. The van der Waals surface area contributed by atoms with Gasteiger partial charge in [0, 0.05) is 5.02 Å². The molecule has 2 aromatic carbocycles. The van der Waals surface area contributed by atoms with Crippen molar-refractivity contribution in [2.45, 2.75) is 0 Å². The van der Waals surface area contributed by atoms with Crippen LogP contribution in [0.1, 0.15) is 10.4 Å². The van der Waals surface area contributed by atoms with E-state index in [1.54, 1.807) is 12.1 Å². The molecule has 0 aliphatic heterocycles. The van der Waals surface area contributed by atoms with E-state index in [0.29, 0.717) is 16.4 Å². The largest absolute Gasteiger partial charge is 0.504 e. The number of rotatable bonds is 2. The second-order valence-electron chi connectivity index (χ2n) is 3.86. The number of carbonyl (C=O) groups is 1. The predicted octanol–water partition coefficient (Wildman–Crippen LogP) is 2.59. The quantitative estimate of drug-likeness (QED) is 0.501. The third kappa shape index (κ3) is 2.71. The Hall–Kier alpha value is -2.40. The Morgan fingerprint density at radius 3 is 2.63 bits per heavy atom. The SMILES string of the molecule is Nc1cc(Cl)ccc1NC(=O)c1cccc(O)c1O. The first-order valence-electron chi connectivity index (χ1n) is 5.36. The van der Waals surface area contributed by atoms with Gasteiger partial charge in [0.15, 0.2) is 11.5 Å². The predicted molar refractivity (Wildman–Crippen MR) is 73.6 cm³/mol. The number of nitrogen functional groups attached to an aromatic ring is 1. The molecule has 1 amide bonds. The molecular weight excluding hydrogens is 268 g/mol. The number of para-hydroxylation sites is 1. The molecule has 0 radical (unpaired) electrons. The van der Waals surface area contributed by atoms with Crippen LogP contribution in [0.25, 0.3) is 0 Å². The summed E-state index contributed by atoms with van der Waals surface area (Å²) in [5.41, 5.74) is 6.34. The average molecular weight is 279 g/mol. The molecule has 0 saturated heterocycles. The molecule has 0 saturated carbocycles. The molecule has 0 atom stereocenters. The summed E-state index contributed by atoms with van der Waals surface area (Å²) >= 11 is 5.75. The van der Waals surface area contributed by atoms with E-state index in [1.165, 1.54) is 24.3 Å². The summed E-state index contributed by atoms with van der Waals surface area (Å²) in [5.74, 6) is -1.42. The molecule has 0 bridgehead atoms. The number of hydrogen-bond acceptors (Lipinski definition) is 4. The smallest absolute Gasteiger partial charge is 0.259 e. The van der Waals surface area contributed by atoms with Crippen molar-refractivity contribution in [1.82, 2.24) is 0 Å². The molecule has 2 aromatic rings. The van der Waals surface area contributed by atoms with Gasteiger partial charge in [-0.3, -0.25) is 4.79 Å². The minimum Gasteiger partial charge on any atom is -0.504 e. The van der Waals surface area contributed by atoms with Crippen LogP contribution in [0.3, 0.4) is 0 Å². The van der Waals surface area contributed by atoms with Crippen molar-refractivity contribution in [3.63, 3.8) is 0 Å². The highest BCUT2D eigenvalue weighted by Gasteiger charge is 2.14. The fraction of sp³-hybridized carbons (Fsp3) is 0. The third-order valence-corrected chi connectivity index (χ3v) is 2.76. The molecule has 0 unspecified atom stereocenters. The number of halogens is 1. The topological polar surface area (TPSA) is 95.6 Å². The third-order valence-electron chi connectivity index (χ3n) is 2.52. The summed E-state index contributed by atoms with van der Waals surface area (Å²) in [4.78, 5) is 12.0. The first-order chi connectivity index (χ1) is 8.99. The highest BCUT2D eigenvalue weighted by molar-refractivity contribution is 6.31. The highest BCUT2D eigenvalue weighted by Crippen LogP contribution is 2.29. The lowest BCUT2D eigenvalue weighted by molar-refractivity contribution is 0.102. The van der Waals surface area contributed by atoms with Crippen LogP contribution in [0.2, 0.25) is 5.02 Å². The van der Waals surface area contributed by atoms with Gasteiger partial charge in [-0.15, -0.1) is 0 Å². The molecular formula is C13H11ClN2O3. The van der Waals surface area contributed by atoms with Gasteiger partial charge in [-0.25, -0.2) is 0 Å². The summed E-state index contributed by atoms with van der Waals surface area (Å²) in [6, 6.07) is 8.75. The second-order valence-corrected chi connectivity index (χ2v) is 4.30. The summed E-state index contributed by atoms with van der Waals surface area (Å²) < 4.78 is 0. The van der Waals surface area contributed by atoms with Crippen molar-refractivity contribution in [2.24, 2.45) is 0 Å². The Bertz CT molecular complexity index is 644. The summed E-state index contributed by atoms with van der Waals surface area (Å²) in [6.45, 7) is 0. The summed E-state index contributed by atoms with van der Waals surface area (Å²) in [5, 5.41) is 21.9. The first kappa shape index (κ1) is 13.0. The molecule has 0 spiro atoms. The van der Waals surface area contributed by atoms with Gasteiger partial charge >= 0.3 is 0 Å². The van der Waals surface area contributed by atoms with Gasteiger partial charge in [-0.2, -0.15) is 0 Å². The number of phenols is 2. The number of hydrogen-bond donors (Lipinski definition) is 4. The Morgan fingerprint density at radius 1 is 1.21 bits per heavy atom. The molecule has 6 heteroatoms. The van der Waals surface area contributed by atoms with E-state index < -0.39 is 11.7 Å². The Morgan fingerprint density at radius 2 is 1.95 bits per heavy atom. The van der Waals surface area contributed by atoms with Crippen molar-refractivity contribution in [3.8, 4) is 11.5 Å². The number of amides is 1. The van der Waals surface area contributed by atoms with E-state index >= 15 is 0 Å². The number of carbonyl (C=O) groups excluding carboxylic acids is 1. The van der Waals surface area contributed by atoms with Gasteiger partial charge in [-0.1, -0.05) is 17.7 Å². The van der Waals surface area contributed by atoms with E-state index in [-0.39, 0.29) is 11.3 Å². The fourth-order valence-corrected chi connectivity index (χ4v) is 1.73. The molecule has 98 valence electrons. The van der Waals surface area contributed by atoms with E-state index in [1.807, 2.05) is 0 Å². The summed E-state index contributed by atoms with van der Waals surface area (Å²) in [6.07, 6.45) is 0. The molecule has 0 aliphatic rings. The van der Waals surface area contributed by atoms with Crippen molar-refractivity contribution >= 4 is 28.9 Å². The van der Waals surface area contributed by atoms with Gasteiger partial charge in [0.25, 0.3) is 5.91 Å². The van der Waals surface area contributed by atoms with Gasteiger partial charge < -0.3 is 21.3 Å². The number of nitrogens with one attached hydrogen (secondary N) is 1. The maximum absolute atomic E-state index is 12.0. The van der Waals surface area contributed by atoms with Crippen molar-refractivity contribution in [2.75, 3.05) is 11.1 Å². The van der Waals surface area contributed by atoms with Crippen LogP contribution in [-0.2, 0) is 0 Å². The van der Waals surface area contributed by atoms with Crippen LogP contribution in [0.15, 0.2) is 36.4 Å². The standard InChI is InChI=1S/C13H11ClN2O3/c14-7-4-5-10(9(15)6-7)16-13(19)8-2-1-3-11(17)12(8)18/h1-6,17-18H,15H2,(H,16,19). The zero-order chi connectivity index (χ0) is 14.0. The lowest BCUT2D eigenvalue weighted by Crippen LogP contribution is -2.13. The van der Waals surface area contributed by atoms with Gasteiger partial charge in [0.1, 0.15) is 0 Å². The molecule has 0 fully saturated rings. The van der Waals surface area contributed by atoms with Crippen LogP contribution in [0.5, 0.6) is 11.5 Å². The maximum Gasteiger partial charge on any atom is 0.259 e. The van der Waals surface area contributed by atoms with Gasteiger partial charge in [0.2, 0.25) is 0 Å². The van der Waals surface area contributed by atoms with Crippen LogP contribution < -0.4 is 11.1 Å². The van der Waals surface area contributed by atoms with E-state index in [0.717, 1.165) is 0 Å². The average Bonchev–Trinajstić information content (AvgIpc) is 2.36.